The van der Waals surface area contributed by atoms with Crippen molar-refractivity contribution in [3.63, 3.8) is 0 Å². The Labute approximate surface area is 112 Å². The van der Waals surface area contributed by atoms with Gasteiger partial charge in [-0.05, 0) is 12.8 Å². The number of piperidine rings is 1. The average molecular weight is 265 g/mol. The standard InChI is InChI=1S/C13H19N3OS/c1-2-6-17-12-10-4-3-5-11(12)8-16(7-10)13-15-14-9-18-13/h2,9-12H,1,3-8H2/t10-,11-/m0/s1. The second kappa shape index (κ2) is 5.36. The molecular formula is C13H19N3OS. The van der Waals surface area contributed by atoms with Gasteiger partial charge in [0.05, 0.1) is 12.7 Å². The van der Waals surface area contributed by atoms with E-state index in [1.807, 2.05) is 11.6 Å². The summed E-state index contributed by atoms with van der Waals surface area (Å²) in [5.41, 5.74) is 1.81. The fraction of sp³-hybridized carbons (Fsp3) is 0.692. The molecule has 4 nitrogen and oxygen atoms in total. The third kappa shape index (κ3) is 2.29. The highest BCUT2D eigenvalue weighted by atomic mass is 32.1. The summed E-state index contributed by atoms with van der Waals surface area (Å²) in [7, 11) is 0. The minimum Gasteiger partial charge on any atom is -0.373 e. The number of hydrogen-bond donors (Lipinski definition) is 0. The smallest absolute Gasteiger partial charge is 0.208 e. The van der Waals surface area contributed by atoms with Crippen molar-refractivity contribution in [1.82, 2.24) is 10.2 Å². The molecule has 18 heavy (non-hydrogen) atoms. The number of aromatic nitrogens is 2. The van der Waals surface area contributed by atoms with Crippen molar-refractivity contribution in [2.24, 2.45) is 11.8 Å². The van der Waals surface area contributed by atoms with Crippen LogP contribution in [-0.2, 0) is 4.74 Å². The van der Waals surface area contributed by atoms with Crippen molar-refractivity contribution in [1.29, 1.82) is 0 Å². The van der Waals surface area contributed by atoms with Crippen LogP contribution in [0.2, 0.25) is 0 Å². The number of nitrogens with zero attached hydrogens (tertiary/aromatic N) is 3. The van der Waals surface area contributed by atoms with Gasteiger partial charge in [0.25, 0.3) is 0 Å². The van der Waals surface area contributed by atoms with Gasteiger partial charge in [0, 0.05) is 24.9 Å². The Morgan fingerprint density at radius 3 is 2.83 bits per heavy atom. The van der Waals surface area contributed by atoms with Crippen LogP contribution in [0.5, 0.6) is 0 Å². The van der Waals surface area contributed by atoms with Crippen molar-refractivity contribution >= 4 is 16.5 Å². The molecule has 5 heteroatoms. The van der Waals surface area contributed by atoms with Gasteiger partial charge in [0.2, 0.25) is 5.13 Å². The Balaban J connectivity index is 1.71. The molecule has 0 unspecified atom stereocenters. The first-order chi connectivity index (χ1) is 8.88. The molecule has 0 radical (unpaired) electrons. The molecule has 0 N–H and O–H groups in total. The molecule has 1 aromatic heterocycles. The van der Waals surface area contributed by atoms with Crippen molar-refractivity contribution in [3.05, 3.63) is 18.2 Å². The van der Waals surface area contributed by atoms with Gasteiger partial charge in [-0.15, -0.1) is 16.8 Å². The molecule has 0 spiro atoms. The summed E-state index contributed by atoms with van der Waals surface area (Å²) in [6, 6.07) is 0. The van der Waals surface area contributed by atoms with Crippen molar-refractivity contribution in [2.45, 2.75) is 25.4 Å². The highest BCUT2D eigenvalue weighted by Crippen LogP contribution is 2.38. The van der Waals surface area contributed by atoms with Crippen LogP contribution in [0.25, 0.3) is 0 Å². The second-order valence-corrected chi connectivity index (χ2v) is 5.98. The lowest BCUT2D eigenvalue weighted by Gasteiger charge is -2.46. The van der Waals surface area contributed by atoms with Crippen LogP contribution in [0.3, 0.4) is 0 Å². The van der Waals surface area contributed by atoms with Crippen LogP contribution in [0.1, 0.15) is 19.3 Å². The molecule has 3 rings (SSSR count). The SMILES string of the molecule is C=CCOC1[C@H]2CCC[C@H]1CN(c1nncs1)C2. The highest BCUT2D eigenvalue weighted by Gasteiger charge is 2.40. The lowest BCUT2D eigenvalue weighted by atomic mass is 9.75. The van der Waals surface area contributed by atoms with E-state index in [1.54, 1.807) is 11.3 Å². The van der Waals surface area contributed by atoms with Crippen LogP contribution < -0.4 is 4.90 Å². The molecular weight excluding hydrogens is 246 g/mol. The van der Waals surface area contributed by atoms with Crippen LogP contribution in [0.4, 0.5) is 5.13 Å². The Morgan fingerprint density at radius 2 is 2.22 bits per heavy atom. The molecule has 0 amide bonds. The normalized spacial score (nSPS) is 31.3. The number of anilines is 1. The van der Waals surface area contributed by atoms with Gasteiger partial charge in [0.1, 0.15) is 5.51 Å². The van der Waals surface area contributed by atoms with Gasteiger partial charge < -0.3 is 9.64 Å². The maximum absolute atomic E-state index is 5.99. The van der Waals surface area contributed by atoms with E-state index < -0.39 is 0 Å². The molecule has 0 aromatic carbocycles. The van der Waals surface area contributed by atoms with E-state index in [0.29, 0.717) is 24.5 Å². The molecule has 1 saturated heterocycles. The fourth-order valence-corrected chi connectivity index (χ4v) is 3.88. The Kier molecular flexibility index (Phi) is 3.61. The molecule has 98 valence electrons. The van der Waals surface area contributed by atoms with Crippen LogP contribution in [0, 0.1) is 11.8 Å². The molecule has 1 saturated carbocycles. The Hall–Kier alpha value is -0.940. The average Bonchev–Trinajstić information content (AvgIpc) is 2.89. The van der Waals surface area contributed by atoms with E-state index in [0.717, 1.165) is 18.2 Å². The maximum atomic E-state index is 5.99. The summed E-state index contributed by atoms with van der Waals surface area (Å²) in [5, 5.41) is 9.20. The third-order valence-electron chi connectivity index (χ3n) is 4.01. The molecule has 1 aromatic rings. The molecule has 2 bridgehead atoms. The van der Waals surface area contributed by atoms with Crippen LogP contribution in [-0.4, -0.2) is 36.0 Å². The minimum atomic E-state index is 0.418. The first kappa shape index (κ1) is 12.1. The van der Waals surface area contributed by atoms with E-state index in [1.165, 1.54) is 19.3 Å². The van der Waals surface area contributed by atoms with Gasteiger partial charge in [-0.2, -0.15) is 0 Å². The van der Waals surface area contributed by atoms with Gasteiger partial charge >= 0.3 is 0 Å². The Morgan fingerprint density at radius 1 is 1.44 bits per heavy atom. The first-order valence-electron chi connectivity index (χ1n) is 6.62. The van der Waals surface area contributed by atoms with Gasteiger partial charge in [-0.3, -0.25) is 0 Å². The second-order valence-electron chi connectivity index (χ2n) is 5.16. The summed E-state index contributed by atoms with van der Waals surface area (Å²) in [6.45, 7) is 6.55. The van der Waals surface area contributed by atoms with Crippen LogP contribution >= 0.6 is 11.3 Å². The predicted octanol–water partition coefficient (Wildman–Crippen LogP) is 2.35. The predicted molar refractivity (Wildman–Crippen MR) is 72.9 cm³/mol. The highest BCUT2D eigenvalue weighted by molar-refractivity contribution is 7.13. The molecule has 2 heterocycles. The lowest BCUT2D eigenvalue weighted by molar-refractivity contribution is -0.0446. The fourth-order valence-electron chi connectivity index (χ4n) is 3.30. The zero-order valence-corrected chi connectivity index (χ0v) is 11.3. The summed E-state index contributed by atoms with van der Waals surface area (Å²) >= 11 is 1.63. The van der Waals surface area contributed by atoms with E-state index in [-0.39, 0.29) is 0 Å². The van der Waals surface area contributed by atoms with E-state index in [4.69, 9.17) is 4.74 Å². The van der Waals surface area contributed by atoms with Gasteiger partial charge in [-0.1, -0.05) is 23.8 Å². The summed E-state index contributed by atoms with van der Waals surface area (Å²) in [6.07, 6.45) is 6.15. The third-order valence-corrected chi connectivity index (χ3v) is 4.76. The van der Waals surface area contributed by atoms with Gasteiger partial charge in [-0.25, -0.2) is 0 Å². The van der Waals surface area contributed by atoms with E-state index in [2.05, 4.69) is 21.7 Å². The van der Waals surface area contributed by atoms with Crippen molar-refractivity contribution in [2.75, 3.05) is 24.6 Å². The Bertz CT molecular complexity index is 381. The van der Waals surface area contributed by atoms with E-state index >= 15 is 0 Å². The van der Waals surface area contributed by atoms with Crippen molar-refractivity contribution < 1.29 is 4.74 Å². The number of ether oxygens (including phenoxy) is 1. The largest absolute Gasteiger partial charge is 0.373 e. The van der Waals surface area contributed by atoms with E-state index in [9.17, 15) is 0 Å². The quantitative estimate of drug-likeness (QED) is 0.783. The molecule has 1 aliphatic heterocycles. The molecule has 1 aliphatic carbocycles. The molecule has 2 fully saturated rings. The summed E-state index contributed by atoms with van der Waals surface area (Å²) in [5.74, 6) is 1.28. The zero-order chi connectivity index (χ0) is 12.4. The minimum absolute atomic E-state index is 0.418. The van der Waals surface area contributed by atoms with Crippen molar-refractivity contribution in [3.8, 4) is 0 Å². The molecule has 2 atom stereocenters. The summed E-state index contributed by atoms with van der Waals surface area (Å²) in [4.78, 5) is 2.39. The maximum Gasteiger partial charge on any atom is 0.208 e. The number of hydrogen-bond acceptors (Lipinski definition) is 5. The number of rotatable bonds is 4. The first-order valence-corrected chi connectivity index (χ1v) is 7.50. The topological polar surface area (TPSA) is 38.2 Å². The zero-order valence-electron chi connectivity index (χ0n) is 10.5. The van der Waals surface area contributed by atoms with Crippen LogP contribution in [0.15, 0.2) is 18.2 Å². The molecule has 2 aliphatic rings. The monoisotopic (exact) mass is 265 g/mol. The van der Waals surface area contributed by atoms with Gasteiger partial charge in [0.15, 0.2) is 0 Å². The lowest BCUT2D eigenvalue weighted by Crippen LogP contribution is -2.52. The number of fused-ring (bicyclic) bond motifs is 2. The summed E-state index contributed by atoms with van der Waals surface area (Å²) < 4.78 is 5.99.